The Morgan fingerprint density at radius 2 is 1.86 bits per heavy atom. The number of unbranched alkanes of at least 4 members (excludes halogenated alkanes) is 3. The summed E-state index contributed by atoms with van der Waals surface area (Å²) < 4.78 is 5.67. The van der Waals surface area contributed by atoms with E-state index in [0.29, 0.717) is 19.7 Å². The second-order valence-corrected chi connectivity index (χ2v) is 5.04. The lowest BCUT2D eigenvalue weighted by Crippen LogP contribution is -2.42. The normalized spacial score (nSPS) is 10.2. The number of carbonyl (C=O) groups excluding carboxylic acids is 1. The van der Waals surface area contributed by atoms with Gasteiger partial charge in [0.05, 0.1) is 6.54 Å². The molecule has 118 valence electrons. The van der Waals surface area contributed by atoms with Crippen LogP contribution in [0.2, 0.25) is 0 Å². The van der Waals surface area contributed by atoms with Crippen LogP contribution in [0.25, 0.3) is 0 Å². The van der Waals surface area contributed by atoms with Gasteiger partial charge in [-0.05, 0) is 25.5 Å². The van der Waals surface area contributed by atoms with E-state index in [0.717, 1.165) is 18.7 Å². The molecule has 0 bridgehead atoms. The van der Waals surface area contributed by atoms with Crippen molar-refractivity contribution < 1.29 is 9.53 Å². The maximum Gasteiger partial charge on any atom is 0.317 e. The first-order chi connectivity index (χ1) is 10.3. The van der Waals surface area contributed by atoms with Crippen molar-refractivity contribution in [3.8, 4) is 5.75 Å². The minimum Gasteiger partial charge on any atom is -0.492 e. The summed E-state index contributed by atoms with van der Waals surface area (Å²) in [6.07, 6.45) is 4.66. The molecule has 1 rings (SSSR count). The van der Waals surface area contributed by atoms with Crippen LogP contribution < -0.4 is 10.1 Å². The highest BCUT2D eigenvalue weighted by molar-refractivity contribution is 5.74. The largest absolute Gasteiger partial charge is 0.492 e. The predicted molar refractivity (Wildman–Crippen MR) is 86.7 cm³/mol. The molecule has 0 atom stereocenters. The minimum absolute atomic E-state index is 0.00524. The average molecular weight is 292 g/mol. The number of nitrogens with one attached hydrogen (secondary N) is 1. The lowest BCUT2D eigenvalue weighted by Gasteiger charge is -2.23. The molecule has 1 aromatic carbocycles. The molecule has 0 heterocycles. The Balaban J connectivity index is 2.35. The highest BCUT2D eigenvalue weighted by Crippen LogP contribution is 2.08. The lowest BCUT2D eigenvalue weighted by molar-refractivity contribution is 0.181. The zero-order valence-corrected chi connectivity index (χ0v) is 13.3. The maximum atomic E-state index is 12.0. The van der Waals surface area contributed by atoms with Crippen LogP contribution in [0, 0.1) is 0 Å². The Morgan fingerprint density at radius 1 is 1.10 bits per heavy atom. The van der Waals surface area contributed by atoms with Crippen LogP contribution in [-0.2, 0) is 0 Å². The third kappa shape index (κ3) is 7.59. The second-order valence-electron chi connectivity index (χ2n) is 5.04. The summed E-state index contributed by atoms with van der Waals surface area (Å²) in [6, 6.07) is 9.71. The topological polar surface area (TPSA) is 41.6 Å². The van der Waals surface area contributed by atoms with Gasteiger partial charge in [0.1, 0.15) is 12.4 Å². The average Bonchev–Trinajstić information content (AvgIpc) is 2.51. The summed E-state index contributed by atoms with van der Waals surface area (Å²) in [5, 5.41) is 2.87. The van der Waals surface area contributed by atoms with Crippen molar-refractivity contribution >= 4 is 6.03 Å². The van der Waals surface area contributed by atoms with Crippen LogP contribution >= 0.6 is 0 Å². The monoisotopic (exact) mass is 292 g/mol. The summed E-state index contributed by atoms with van der Waals surface area (Å²) >= 11 is 0. The van der Waals surface area contributed by atoms with E-state index < -0.39 is 0 Å². The molecule has 0 spiro atoms. The summed E-state index contributed by atoms with van der Waals surface area (Å²) in [7, 11) is 0. The molecular formula is C17H28N2O2. The fraction of sp³-hybridized carbons (Fsp3) is 0.588. The molecule has 2 amide bonds. The minimum atomic E-state index is 0.00524. The van der Waals surface area contributed by atoms with Gasteiger partial charge in [-0.15, -0.1) is 0 Å². The molecule has 0 unspecified atom stereocenters. The molecule has 1 N–H and O–H groups in total. The first-order valence-electron chi connectivity index (χ1n) is 7.98. The fourth-order valence-corrected chi connectivity index (χ4v) is 2.10. The summed E-state index contributed by atoms with van der Waals surface area (Å²) in [5.74, 6) is 0.847. The standard InChI is InChI=1S/C17H28N2O2/c1-3-5-6-10-13-19(17(20)18-4-2)14-15-21-16-11-8-7-9-12-16/h7-9,11-12H,3-6,10,13-15H2,1-2H3,(H,18,20). The van der Waals surface area contributed by atoms with E-state index in [1.807, 2.05) is 42.2 Å². The van der Waals surface area contributed by atoms with E-state index >= 15 is 0 Å². The third-order valence-corrected chi connectivity index (χ3v) is 3.27. The number of hydrogen-bond donors (Lipinski definition) is 1. The van der Waals surface area contributed by atoms with Gasteiger partial charge in [0.2, 0.25) is 0 Å². The Bertz CT molecular complexity index is 382. The van der Waals surface area contributed by atoms with Crippen LogP contribution in [0.5, 0.6) is 5.75 Å². The Hall–Kier alpha value is -1.71. The van der Waals surface area contributed by atoms with Crippen LogP contribution in [-0.4, -0.2) is 37.2 Å². The molecule has 0 aromatic heterocycles. The fourth-order valence-electron chi connectivity index (χ4n) is 2.10. The van der Waals surface area contributed by atoms with Gasteiger partial charge in [0.15, 0.2) is 0 Å². The van der Waals surface area contributed by atoms with Gasteiger partial charge in [-0.2, -0.15) is 0 Å². The molecule has 4 heteroatoms. The lowest BCUT2D eigenvalue weighted by atomic mass is 10.2. The van der Waals surface area contributed by atoms with Gasteiger partial charge in [-0.25, -0.2) is 4.79 Å². The van der Waals surface area contributed by atoms with Gasteiger partial charge in [-0.3, -0.25) is 0 Å². The summed E-state index contributed by atoms with van der Waals surface area (Å²) in [4.78, 5) is 13.9. The SMILES string of the molecule is CCCCCCN(CCOc1ccccc1)C(=O)NCC. The van der Waals surface area contributed by atoms with Crippen molar-refractivity contribution in [1.82, 2.24) is 10.2 Å². The number of para-hydroxylation sites is 1. The van der Waals surface area contributed by atoms with Crippen LogP contribution in [0.15, 0.2) is 30.3 Å². The molecule has 0 aliphatic heterocycles. The van der Waals surface area contributed by atoms with Crippen molar-refractivity contribution in [2.45, 2.75) is 39.5 Å². The van der Waals surface area contributed by atoms with E-state index in [9.17, 15) is 4.79 Å². The van der Waals surface area contributed by atoms with E-state index in [1.165, 1.54) is 19.3 Å². The molecule has 0 saturated carbocycles. The first-order valence-corrected chi connectivity index (χ1v) is 7.98. The number of ether oxygens (including phenoxy) is 1. The highest BCUT2D eigenvalue weighted by atomic mass is 16.5. The quantitative estimate of drug-likeness (QED) is 0.668. The van der Waals surface area contributed by atoms with Crippen LogP contribution in [0.4, 0.5) is 4.79 Å². The van der Waals surface area contributed by atoms with E-state index in [2.05, 4.69) is 12.2 Å². The molecule has 0 fully saturated rings. The number of urea groups is 1. The van der Waals surface area contributed by atoms with E-state index in [4.69, 9.17) is 4.74 Å². The van der Waals surface area contributed by atoms with Gasteiger partial charge < -0.3 is 15.0 Å². The van der Waals surface area contributed by atoms with Crippen LogP contribution in [0.1, 0.15) is 39.5 Å². The number of benzene rings is 1. The first kappa shape index (κ1) is 17.3. The van der Waals surface area contributed by atoms with E-state index in [1.54, 1.807) is 0 Å². The number of hydrogen-bond acceptors (Lipinski definition) is 2. The zero-order valence-electron chi connectivity index (χ0n) is 13.3. The summed E-state index contributed by atoms with van der Waals surface area (Å²) in [6.45, 7) is 6.72. The highest BCUT2D eigenvalue weighted by Gasteiger charge is 2.11. The Kier molecular flexibility index (Phi) is 9.09. The molecule has 0 saturated heterocycles. The predicted octanol–water partition coefficient (Wildman–Crippen LogP) is 3.68. The number of amides is 2. The number of rotatable bonds is 10. The Labute approximate surface area is 128 Å². The van der Waals surface area contributed by atoms with Gasteiger partial charge in [0.25, 0.3) is 0 Å². The third-order valence-electron chi connectivity index (χ3n) is 3.27. The van der Waals surface area contributed by atoms with Crippen molar-refractivity contribution in [2.24, 2.45) is 0 Å². The molecule has 0 radical (unpaired) electrons. The van der Waals surface area contributed by atoms with Gasteiger partial charge in [-0.1, -0.05) is 44.4 Å². The molecule has 1 aromatic rings. The van der Waals surface area contributed by atoms with Gasteiger partial charge in [0, 0.05) is 13.1 Å². The molecule has 21 heavy (non-hydrogen) atoms. The second kappa shape index (κ2) is 11.0. The van der Waals surface area contributed by atoms with Crippen LogP contribution in [0.3, 0.4) is 0 Å². The van der Waals surface area contributed by atoms with Crippen molar-refractivity contribution in [1.29, 1.82) is 0 Å². The molecule has 4 nitrogen and oxygen atoms in total. The smallest absolute Gasteiger partial charge is 0.317 e. The van der Waals surface area contributed by atoms with Crippen molar-refractivity contribution in [3.63, 3.8) is 0 Å². The molecule has 0 aliphatic carbocycles. The van der Waals surface area contributed by atoms with Crippen molar-refractivity contribution in [2.75, 3.05) is 26.2 Å². The number of carbonyl (C=O) groups is 1. The zero-order chi connectivity index (χ0) is 15.3. The van der Waals surface area contributed by atoms with Crippen molar-refractivity contribution in [3.05, 3.63) is 30.3 Å². The summed E-state index contributed by atoms with van der Waals surface area (Å²) in [5.41, 5.74) is 0. The molecular weight excluding hydrogens is 264 g/mol. The number of nitrogens with zero attached hydrogens (tertiary/aromatic N) is 1. The Morgan fingerprint density at radius 3 is 2.52 bits per heavy atom. The van der Waals surface area contributed by atoms with E-state index in [-0.39, 0.29) is 6.03 Å². The molecule has 0 aliphatic rings. The maximum absolute atomic E-state index is 12.0. The van der Waals surface area contributed by atoms with Gasteiger partial charge >= 0.3 is 6.03 Å².